The van der Waals surface area contributed by atoms with Gasteiger partial charge in [-0.25, -0.2) is 9.37 Å². The van der Waals surface area contributed by atoms with E-state index >= 15 is 0 Å². The Morgan fingerprint density at radius 1 is 1.39 bits per heavy atom. The van der Waals surface area contributed by atoms with Gasteiger partial charge >= 0.3 is 5.97 Å². The average molecular weight is 544 g/mol. The number of aliphatic imine (C=N–C) groups is 1. The van der Waals surface area contributed by atoms with Crippen LogP contribution in [0.25, 0.3) is 11.4 Å². The maximum Gasteiger partial charge on any atom is 0.321 e. The number of aromatic nitrogens is 1. The normalized spacial score (nSPS) is 17.7. The molecule has 1 aromatic carbocycles. The molecule has 0 amide bonds. The third-order valence-electron chi connectivity index (χ3n) is 5.74. The van der Waals surface area contributed by atoms with Crippen LogP contribution in [0.3, 0.4) is 0 Å². The first-order valence-corrected chi connectivity index (χ1v) is 12.3. The fraction of sp³-hybridized carbons (Fsp3) is 0.308. The number of fused-ring (bicyclic) bond motifs is 3. The highest BCUT2D eigenvalue weighted by atomic mass is 35.5. The van der Waals surface area contributed by atoms with Crippen LogP contribution in [-0.4, -0.2) is 49.2 Å². The second-order valence-electron chi connectivity index (χ2n) is 8.30. The van der Waals surface area contributed by atoms with Crippen molar-refractivity contribution in [2.75, 3.05) is 32.2 Å². The van der Waals surface area contributed by atoms with Gasteiger partial charge < -0.3 is 31.6 Å². The standard InChI is InChI=1S/C26H31ClFN7O3/c1-4-33-24-16-8-21(26(34-12-16)35-13-37-22(36)10-29)38-14(2)19-9-17(28)5-6-18(19)23(30)15(11-32-3)7-20(24)25(27)31/h5-6,8-9,11-12,14,31,33H,4,7,10,13,29-30H2,1-3H3,(H,34,35)/b23-15?,24-20-,31-25?,32-11?/t14-/m1/s1. The van der Waals surface area contributed by atoms with E-state index in [2.05, 4.69) is 20.6 Å². The summed E-state index contributed by atoms with van der Waals surface area (Å²) in [7, 11) is 1.61. The van der Waals surface area contributed by atoms with E-state index in [1.165, 1.54) is 12.1 Å². The number of carbonyl (C=O) groups is 1. The first-order chi connectivity index (χ1) is 18.2. The molecule has 2 aromatic rings. The highest BCUT2D eigenvalue weighted by molar-refractivity contribution is 6.69. The van der Waals surface area contributed by atoms with E-state index in [-0.39, 0.29) is 30.7 Å². The first-order valence-electron chi connectivity index (χ1n) is 11.9. The highest BCUT2D eigenvalue weighted by Gasteiger charge is 2.23. The summed E-state index contributed by atoms with van der Waals surface area (Å²) in [6, 6.07) is 5.97. The van der Waals surface area contributed by atoms with Crippen LogP contribution in [0.1, 0.15) is 43.1 Å². The topological polar surface area (TPSA) is 161 Å². The van der Waals surface area contributed by atoms with Crippen LogP contribution in [0.5, 0.6) is 5.75 Å². The van der Waals surface area contributed by atoms with E-state index in [1.807, 2.05) is 6.92 Å². The summed E-state index contributed by atoms with van der Waals surface area (Å²) in [5.41, 5.74) is 15.5. The summed E-state index contributed by atoms with van der Waals surface area (Å²) in [6.45, 7) is 3.75. The molecule has 0 saturated carbocycles. The molecule has 0 saturated heterocycles. The monoisotopic (exact) mass is 543 g/mol. The quantitative estimate of drug-likeness (QED) is 0.192. The van der Waals surface area contributed by atoms with Crippen molar-refractivity contribution in [2.45, 2.75) is 26.4 Å². The third-order valence-corrected chi connectivity index (χ3v) is 5.97. The maximum atomic E-state index is 14.4. The Balaban J connectivity index is 2.29. The zero-order valence-electron chi connectivity index (χ0n) is 21.4. The molecule has 12 heteroatoms. The number of carbonyl (C=O) groups excluding carboxylic acids is 1. The van der Waals surface area contributed by atoms with Crippen molar-refractivity contribution < 1.29 is 18.7 Å². The van der Waals surface area contributed by atoms with Gasteiger partial charge in [0.25, 0.3) is 0 Å². The van der Waals surface area contributed by atoms with E-state index in [1.54, 1.807) is 38.5 Å². The molecule has 1 aliphatic heterocycles. The molecule has 3 rings (SSSR count). The van der Waals surface area contributed by atoms with Crippen molar-refractivity contribution in [3.8, 4) is 5.75 Å². The van der Waals surface area contributed by atoms with Crippen molar-refractivity contribution in [1.29, 1.82) is 5.41 Å². The van der Waals surface area contributed by atoms with Crippen LogP contribution in [-0.2, 0) is 9.53 Å². The molecule has 202 valence electrons. The molecule has 1 aromatic heterocycles. The number of rotatable bonds is 8. The zero-order chi connectivity index (χ0) is 27.8. The Labute approximate surface area is 225 Å². The van der Waals surface area contributed by atoms with Gasteiger partial charge in [0.15, 0.2) is 18.3 Å². The highest BCUT2D eigenvalue weighted by Crippen LogP contribution is 2.36. The van der Waals surface area contributed by atoms with Gasteiger partial charge in [-0.15, -0.1) is 0 Å². The zero-order valence-corrected chi connectivity index (χ0v) is 22.2. The SMILES string of the molecule is CCN/C1=C(\C(=N)Cl)CC(C=NC)=C(N)c2ccc(F)cc2[C@@H](C)Oc2cc1cnc2NCOC(=O)CN. The lowest BCUT2D eigenvalue weighted by atomic mass is 9.93. The number of benzene rings is 1. The molecular formula is C26H31ClFN7O3. The van der Waals surface area contributed by atoms with Crippen molar-refractivity contribution >= 4 is 46.2 Å². The summed E-state index contributed by atoms with van der Waals surface area (Å²) in [5, 5.41) is 14.3. The average Bonchev–Trinajstić information content (AvgIpc) is 2.89. The molecule has 7 N–H and O–H groups in total. The summed E-state index contributed by atoms with van der Waals surface area (Å²) in [6.07, 6.45) is 2.68. The van der Waals surface area contributed by atoms with Gasteiger partial charge in [-0.3, -0.25) is 15.2 Å². The molecule has 0 radical (unpaired) electrons. The lowest BCUT2D eigenvalue weighted by molar-refractivity contribution is -0.141. The van der Waals surface area contributed by atoms with E-state index in [9.17, 15) is 9.18 Å². The van der Waals surface area contributed by atoms with E-state index < -0.39 is 17.9 Å². The van der Waals surface area contributed by atoms with Gasteiger partial charge in [0.05, 0.1) is 6.54 Å². The molecule has 2 heterocycles. The summed E-state index contributed by atoms with van der Waals surface area (Å²) in [5.74, 6) is -0.474. The van der Waals surface area contributed by atoms with Crippen LogP contribution >= 0.6 is 11.6 Å². The molecule has 38 heavy (non-hydrogen) atoms. The molecule has 10 nitrogen and oxygen atoms in total. The Morgan fingerprint density at radius 3 is 2.82 bits per heavy atom. The predicted molar refractivity (Wildman–Crippen MR) is 148 cm³/mol. The molecule has 1 aliphatic rings. The predicted octanol–water partition coefficient (Wildman–Crippen LogP) is 3.54. The number of hydrogen-bond donors (Lipinski definition) is 5. The van der Waals surface area contributed by atoms with Crippen molar-refractivity contribution in [1.82, 2.24) is 10.3 Å². The van der Waals surface area contributed by atoms with Crippen LogP contribution in [0.15, 0.2) is 46.6 Å². The molecule has 0 aliphatic carbocycles. The minimum atomic E-state index is -0.667. The number of nitrogens with one attached hydrogen (secondary N) is 3. The van der Waals surface area contributed by atoms with Crippen LogP contribution < -0.4 is 26.8 Å². The Bertz CT molecular complexity index is 1310. The molecule has 0 fully saturated rings. The summed E-state index contributed by atoms with van der Waals surface area (Å²) < 4.78 is 25.7. The third kappa shape index (κ3) is 6.67. The van der Waals surface area contributed by atoms with Crippen LogP contribution in [0, 0.1) is 11.2 Å². The van der Waals surface area contributed by atoms with Crippen LogP contribution in [0.4, 0.5) is 10.2 Å². The number of ether oxygens (including phenoxy) is 2. The number of nitrogens with two attached hydrogens (primary N) is 2. The fourth-order valence-corrected chi connectivity index (χ4v) is 4.14. The van der Waals surface area contributed by atoms with Gasteiger partial charge in [0.1, 0.15) is 17.1 Å². The minimum Gasteiger partial charge on any atom is -0.482 e. The molecule has 1 atom stereocenters. The van der Waals surface area contributed by atoms with Crippen molar-refractivity contribution in [2.24, 2.45) is 16.5 Å². The fourth-order valence-electron chi connectivity index (χ4n) is 3.98. The summed E-state index contributed by atoms with van der Waals surface area (Å²) >= 11 is 6.30. The number of halogens is 2. The summed E-state index contributed by atoms with van der Waals surface area (Å²) in [4.78, 5) is 20.1. The maximum absolute atomic E-state index is 14.4. The van der Waals surface area contributed by atoms with E-state index in [0.29, 0.717) is 51.5 Å². The second-order valence-corrected chi connectivity index (χ2v) is 8.68. The Kier molecular flexibility index (Phi) is 9.80. The van der Waals surface area contributed by atoms with E-state index in [0.717, 1.165) is 0 Å². The van der Waals surface area contributed by atoms with Gasteiger partial charge in [-0.05, 0) is 43.7 Å². The Morgan fingerprint density at radius 2 is 2.16 bits per heavy atom. The molecule has 2 bridgehead atoms. The van der Waals surface area contributed by atoms with Crippen LogP contribution in [0.2, 0.25) is 0 Å². The second kappa shape index (κ2) is 13.0. The first kappa shape index (κ1) is 28.6. The number of pyridine rings is 1. The lowest BCUT2D eigenvalue weighted by Crippen LogP contribution is -2.21. The number of esters is 1. The van der Waals surface area contributed by atoms with Crippen molar-refractivity contribution in [3.05, 3.63) is 64.1 Å². The van der Waals surface area contributed by atoms with Gasteiger partial charge in [0.2, 0.25) is 0 Å². The Hall–Kier alpha value is -3.96. The largest absolute Gasteiger partial charge is 0.482 e. The van der Waals surface area contributed by atoms with Gasteiger partial charge in [0, 0.05) is 66.1 Å². The van der Waals surface area contributed by atoms with Crippen molar-refractivity contribution in [3.63, 3.8) is 0 Å². The lowest BCUT2D eigenvalue weighted by Gasteiger charge is -2.24. The minimum absolute atomic E-state index is 0.171. The molecule has 0 spiro atoms. The van der Waals surface area contributed by atoms with Gasteiger partial charge in [-0.2, -0.15) is 0 Å². The molecular weight excluding hydrogens is 513 g/mol. The van der Waals surface area contributed by atoms with E-state index in [4.69, 9.17) is 38.0 Å². The number of hydrogen-bond acceptors (Lipinski definition) is 10. The molecule has 0 unspecified atom stereocenters. The smallest absolute Gasteiger partial charge is 0.321 e. The number of anilines is 1. The van der Waals surface area contributed by atoms with Gasteiger partial charge in [-0.1, -0.05) is 11.6 Å². The number of nitrogens with zero attached hydrogens (tertiary/aromatic N) is 2. The number of allylic oxidation sites excluding steroid dienone is 2.